The Morgan fingerprint density at radius 1 is 1.26 bits per heavy atom. The molecule has 2 aromatic rings. The van der Waals surface area contributed by atoms with E-state index in [1.165, 1.54) is 19.4 Å². The summed E-state index contributed by atoms with van der Waals surface area (Å²) in [5, 5.41) is 12.7. The number of carbonyl (C=O) groups excluding carboxylic acids is 3. The van der Waals surface area contributed by atoms with Crippen molar-refractivity contribution in [1.29, 1.82) is 0 Å². The van der Waals surface area contributed by atoms with E-state index in [1.807, 2.05) is 0 Å². The monoisotopic (exact) mass is 425 g/mol. The van der Waals surface area contributed by atoms with Gasteiger partial charge in [0.25, 0.3) is 0 Å². The predicted molar refractivity (Wildman–Crippen MR) is 108 cm³/mol. The number of ketones is 1. The molecular weight excluding hydrogens is 402 g/mol. The third-order valence-corrected chi connectivity index (χ3v) is 5.78. The topological polar surface area (TPSA) is 115 Å². The van der Waals surface area contributed by atoms with Gasteiger partial charge in [0.15, 0.2) is 17.3 Å². The van der Waals surface area contributed by atoms with Crippen LogP contribution in [0.25, 0.3) is 0 Å². The molecule has 0 saturated heterocycles. The molecule has 1 aliphatic heterocycles. The Labute approximate surface area is 178 Å². The zero-order valence-corrected chi connectivity index (χ0v) is 17.2. The molecule has 1 amide bonds. The second kappa shape index (κ2) is 8.29. The fourth-order valence-corrected chi connectivity index (χ4v) is 4.42. The van der Waals surface area contributed by atoms with Gasteiger partial charge in [-0.15, -0.1) is 0 Å². The molecule has 8 nitrogen and oxygen atoms in total. The normalized spacial score (nSPS) is 23.2. The smallest absolute Gasteiger partial charge is 0.317 e. The van der Waals surface area contributed by atoms with Gasteiger partial charge >= 0.3 is 5.97 Å². The standard InChI is InChI=1S/C23H23NO7/c1-3-30-23(28)21-14(17-5-4-8-31-17)10-15-20(22(21)27)13(11-19(26)24-15)12-6-7-16(25)18(9-12)29-2/h4-9,13-14,21,25H,3,10-11H2,1-2H3,(H,24,26)/t13-,14-,21+/m0/s1. The van der Waals surface area contributed by atoms with Crippen LogP contribution in [0, 0.1) is 5.92 Å². The number of methoxy groups -OCH3 is 1. The number of benzene rings is 1. The minimum absolute atomic E-state index is 0.0411. The lowest BCUT2D eigenvalue weighted by atomic mass is 9.69. The third kappa shape index (κ3) is 3.69. The molecule has 0 unspecified atom stereocenters. The van der Waals surface area contributed by atoms with Gasteiger partial charge in [0.05, 0.1) is 20.0 Å². The number of ether oxygens (including phenoxy) is 2. The first kappa shape index (κ1) is 20.7. The SMILES string of the molecule is CCOC(=O)[C@H]1C(=O)C2=C(C[C@H]1c1ccco1)NC(=O)C[C@H]2c1ccc(O)c(OC)c1. The molecule has 0 fully saturated rings. The molecule has 2 heterocycles. The van der Waals surface area contributed by atoms with Crippen LogP contribution in [-0.2, 0) is 19.1 Å². The molecule has 0 spiro atoms. The quantitative estimate of drug-likeness (QED) is 0.559. The summed E-state index contributed by atoms with van der Waals surface area (Å²) in [6.45, 7) is 1.83. The van der Waals surface area contributed by atoms with E-state index in [9.17, 15) is 19.5 Å². The van der Waals surface area contributed by atoms with Crippen molar-refractivity contribution in [3.05, 3.63) is 59.2 Å². The van der Waals surface area contributed by atoms with Crippen LogP contribution < -0.4 is 10.1 Å². The van der Waals surface area contributed by atoms with Crippen molar-refractivity contribution in [2.45, 2.75) is 31.6 Å². The molecule has 8 heteroatoms. The van der Waals surface area contributed by atoms with Crippen molar-refractivity contribution < 1.29 is 33.4 Å². The lowest BCUT2D eigenvalue weighted by Crippen LogP contribution is -2.44. The molecule has 162 valence electrons. The lowest BCUT2D eigenvalue weighted by Gasteiger charge is -2.37. The van der Waals surface area contributed by atoms with Crippen molar-refractivity contribution in [3.8, 4) is 11.5 Å². The zero-order valence-electron chi connectivity index (χ0n) is 17.2. The summed E-state index contributed by atoms with van der Waals surface area (Å²) in [6, 6.07) is 8.12. The first-order valence-corrected chi connectivity index (χ1v) is 10.1. The van der Waals surface area contributed by atoms with Crippen molar-refractivity contribution >= 4 is 17.7 Å². The van der Waals surface area contributed by atoms with Gasteiger partial charge in [-0.3, -0.25) is 14.4 Å². The van der Waals surface area contributed by atoms with Crippen LogP contribution in [0.4, 0.5) is 0 Å². The number of esters is 1. The molecular formula is C23H23NO7. The summed E-state index contributed by atoms with van der Waals surface area (Å²) in [6.07, 6.45) is 1.78. The summed E-state index contributed by atoms with van der Waals surface area (Å²) in [4.78, 5) is 38.9. The lowest BCUT2D eigenvalue weighted by molar-refractivity contribution is -0.152. The number of furan rings is 1. The third-order valence-electron chi connectivity index (χ3n) is 5.78. The summed E-state index contributed by atoms with van der Waals surface area (Å²) in [5.41, 5.74) is 1.51. The molecule has 1 aromatic heterocycles. The maximum absolute atomic E-state index is 13.7. The van der Waals surface area contributed by atoms with Gasteiger partial charge in [-0.25, -0.2) is 0 Å². The first-order chi connectivity index (χ1) is 14.9. The largest absolute Gasteiger partial charge is 0.504 e. The van der Waals surface area contributed by atoms with Crippen molar-refractivity contribution in [2.24, 2.45) is 5.92 Å². The number of rotatable bonds is 5. The highest BCUT2D eigenvalue weighted by atomic mass is 16.5. The fraction of sp³-hybridized carbons (Fsp3) is 0.348. The van der Waals surface area contributed by atoms with Crippen LogP contribution in [0.2, 0.25) is 0 Å². The van der Waals surface area contributed by atoms with Crippen molar-refractivity contribution in [2.75, 3.05) is 13.7 Å². The van der Waals surface area contributed by atoms with Gasteiger partial charge < -0.3 is 24.3 Å². The number of aromatic hydroxyl groups is 1. The number of hydrogen-bond donors (Lipinski definition) is 2. The maximum atomic E-state index is 13.7. The van der Waals surface area contributed by atoms with E-state index >= 15 is 0 Å². The van der Waals surface area contributed by atoms with Crippen LogP contribution in [-0.4, -0.2) is 36.5 Å². The molecule has 0 radical (unpaired) electrons. The van der Waals surface area contributed by atoms with E-state index in [2.05, 4.69) is 5.32 Å². The van der Waals surface area contributed by atoms with E-state index in [0.29, 0.717) is 22.6 Å². The number of allylic oxidation sites excluding steroid dienone is 2. The highest BCUT2D eigenvalue weighted by Gasteiger charge is 2.48. The van der Waals surface area contributed by atoms with Gasteiger partial charge in [-0.1, -0.05) is 6.07 Å². The Morgan fingerprint density at radius 3 is 2.74 bits per heavy atom. The number of carbonyl (C=O) groups is 3. The van der Waals surface area contributed by atoms with Gasteiger partial charge in [-0.05, 0) is 43.2 Å². The van der Waals surface area contributed by atoms with E-state index in [4.69, 9.17) is 13.9 Å². The number of nitrogens with one attached hydrogen (secondary N) is 1. The van der Waals surface area contributed by atoms with Gasteiger partial charge in [0.1, 0.15) is 11.7 Å². The molecule has 31 heavy (non-hydrogen) atoms. The average molecular weight is 425 g/mol. The maximum Gasteiger partial charge on any atom is 0.317 e. The number of phenols is 1. The number of hydrogen-bond acceptors (Lipinski definition) is 7. The average Bonchev–Trinajstić information content (AvgIpc) is 3.28. The van der Waals surface area contributed by atoms with Crippen LogP contribution in [0.5, 0.6) is 11.5 Å². The Bertz CT molecular complexity index is 1050. The number of phenolic OH excluding ortho intramolecular Hbond substituents is 1. The highest BCUT2D eigenvalue weighted by molar-refractivity contribution is 6.12. The van der Waals surface area contributed by atoms with E-state index < -0.39 is 29.5 Å². The summed E-state index contributed by atoms with van der Waals surface area (Å²) in [5.74, 6) is -2.76. The first-order valence-electron chi connectivity index (χ1n) is 10.1. The van der Waals surface area contributed by atoms with Crippen LogP contribution in [0.1, 0.15) is 42.9 Å². The molecule has 1 aromatic carbocycles. The predicted octanol–water partition coefficient (Wildman–Crippen LogP) is 2.79. The summed E-state index contributed by atoms with van der Waals surface area (Å²) in [7, 11) is 1.42. The van der Waals surface area contributed by atoms with Gasteiger partial charge in [0.2, 0.25) is 5.91 Å². The second-order valence-corrected chi connectivity index (χ2v) is 7.55. The van der Waals surface area contributed by atoms with Gasteiger partial charge in [0, 0.05) is 29.5 Å². The Hall–Kier alpha value is -3.55. The highest BCUT2D eigenvalue weighted by Crippen LogP contribution is 2.46. The van der Waals surface area contributed by atoms with E-state index in [1.54, 1.807) is 31.2 Å². The van der Waals surface area contributed by atoms with E-state index in [0.717, 1.165) is 0 Å². The zero-order chi connectivity index (χ0) is 22.1. The summed E-state index contributed by atoms with van der Waals surface area (Å²) >= 11 is 0. The molecule has 0 saturated carbocycles. The van der Waals surface area contributed by atoms with Crippen molar-refractivity contribution in [1.82, 2.24) is 5.32 Å². The molecule has 3 atom stereocenters. The Morgan fingerprint density at radius 2 is 2.06 bits per heavy atom. The van der Waals surface area contributed by atoms with Crippen LogP contribution in [0.15, 0.2) is 52.3 Å². The number of Topliss-reactive ketones (excluding diaryl/α,β-unsaturated/α-hetero) is 1. The minimum atomic E-state index is -1.07. The molecule has 2 aliphatic rings. The molecule has 4 rings (SSSR count). The molecule has 1 aliphatic carbocycles. The van der Waals surface area contributed by atoms with Crippen molar-refractivity contribution in [3.63, 3.8) is 0 Å². The summed E-state index contributed by atoms with van der Waals surface area (Å²) < 4.78 is 15.9. The Balaban J connectivity index is 1.81. The molecule has 2 N–H and O–H groups in total. The molecule has 0 bridgehead atoms. The van der Waals surface area contributed by atoms with E-state index in [-0.39, 0.29) is 36.9 Å². The fourth-order valence-electron chi connectivity index (χ4n) is 4.42. The Kier molecular flexibility index (Phi) is 5.54. The van der Waals surface area contributed by atoms with Gasteiger partial charge in [-0.2, -0.15) is 0 Å². The van der Waals surface area contributed by atoms with Crippen LogP contribution in [0.3, 0.4) is 0 Å². The minimum Gasteiger partial charge on any atom is -0.504 e. The number of amides is 1. The van der Waals surface area contributed by atoms with Crippen LogP contribution >= 0.6 is 0 Å². The second-order valence-electron chi connectivity index (χ2n) is 7.55.